The van der Waals surface area contributed by atoms with Gasteiger partial charge in [-0.2, -0.15) is 13.8 Å². The van der Waals surface area contributed by atoms with Gasteiger partial charge in [0.2, 0.25) is 5.95 Å². The van der Waals surface area contributed by atoms with Crippen LogP contribution in [0.5, 0.6) is 0 Å². The van der Waals surface area contributed by atoms with Crippen molar-refractivity contribution in [2.45, 2.75) is 19.9 Å². The van der Waals surface area contributed by atoms with Gasteiger partial charge in [0.15, 0.2) is 12.3 Å². The van der Waals surface area contributed by atoms with E-state index in [4.69, 9.17) is 4.74 Å². The van der Waals surface area contributed by atoms with E-state index in [1.165, 1.54) is 0 Å². The van der Waals surface area contributed by atoms with Gasteiger partial charge in [-0.15, -0.1) is 5.92 Å². The monoisotopic (exact) mass is 304 g/mol. The minimum absolute atomic E-state index is 0.193. The standard InChI is InChI=1S/C16H14F2N2O2/c1-3-4-10-22-15(21)13-14(17)19-16(18)20(13)11(2)12-8-6-5-7-9-12/h5-9,11H,10H2,1-2H3/t11-/m1/s1. The van der Waals surface area contributed by atoms with Crippen LogP contribution in [0.2, 0.25) is 0 Å². The van der Waals surface area contributed by atoms with Gasteiger partial charge in [0, 0.05) is 0 Å². The first kappa shape index (κ1) is 15.7. The van der Waals surface area contributed by atoms with Crippen LogP contribution in [0.4, 0.5) is 8.78 Å². The number of esters is 1. The lowest BCUT2D eigenvalue weighted by molar-refractivity contribution is 0.0535. The van der Waals surface area contributed by atoms with E-state index in [1.807, 2.05) is 0 Å². The summed E-state index contributed by atoms with van der Waals surface area (Å²) in [7, 11) is 0. The van der Waals surface area contributed by atoms with Crippen molar-refractivity contribution in [3.63, 3.8) is 0 Å². The third kappa shape index (κ3) is 3.14. The number of rotatable bonds is 4. The van der Waals surface area contributed by atoms with Crippen LogP contribution in [0.15, 0.2) is 30.3 Å². The Bertz CT molecular complexity index is 730. The van der Waals surface area contributed by atoms with Crippen LogP contribution in [-0.2, 0) is 4.74 Å². The van der Waals surface area contributed by atoms with Crippen molar-refractivity contribution in [1.29, 1.82) is 0 Å². The van der Waals surface area contributed by atoms with Crippen LogP contribution >= 0.6 is 0 Å². The minimum atomic E-state index is -1.20. The van der Waals surface area contributed by atoms with Crippen molar-refractivity contribution in [3.05, 3.63) is 53.6 Å². The second-order valence-electron chi connectivity index (χ2n) is 4.48. The van der Waals surface area contributed by atoms with Gasteiger partial charge in [0.05, 0.1) is 6.04 Å². The van der Waals surface area contributed by atoms with Gasteiger partial charge in [-0.1, -0.05) is 36.3 Å². The molecule has 2 aromatic rings. The fraction of sp³-hybridized carbons (Fsp3) is 0.250. The van der Waals surface area contributed by atoms with Gasteiger partial charge in [0.1, 0.15) is 0 Å². The summed E-state index contributed by atoms with van der Waals surface area (Å²) in [6, 6.07) is 8.23. The van der Waals surface area contributed by atoms with Crippen molar-refractivity contribution in [2.75, 3.05) is 6.61 Å². The normalized spacial score (nSPS) is 11.5. The lowest BCUT2D eigenvalue weighted by atomic mass is 10.1. The predicted octanol–water partition coefficient (Wildman–Crippen LogP) is 2.95. The molecule has 1 aromatic heterocycles. The van der Waals surface area contributed by atoms with E-state index in [2.05, 4.69) is 16.8 Å². The molecule has 6 heteroatoms. The molecular formula is C16H14F2N2O2. The van der Waals surface area contributed by atoms with Crippen molar-refractivity contribution in [2.24, 2.45) is 0 Å². The van der Waals surface area contributed by atoms with Crippen molar-refractivity contribution in [1.82, 2.24) is 9.55 Å². The average Bonchev–Trinajstić information content (AvgIpc) is 2.82. The van der Waals surface area contributed by atoms with E-state index in [9.17, 15) is 13.6 Å². The number of ether oxygens (including phenoxy) is 1. The van der Waals surface area contributed by atoms with Gasteiger partial charge in [0.25, 0.3) is 6.08 Å². The van der Waals surface area contributed by atoms with E-state index in [0.717, 1.165) is 4.57 Å². The molecule has 0 N–H and O–H groups in total. The number of carbonyl (C=O) groups excluding carboxylic acids is 1. The second kappa shape index (κ2) is 6.85. The first-order chi connectivity index (χ1) is 10.6. The van der Waals surface area contributed by atoms with E-state index in [0.29, 0.717) is 5.56 Å². The molecule has 22 heavy (non-hydrogen) atoms. The number of halogens is 2. The molecule has 0 radical (unpaired) electrons. The molecule has 1 atom stereocenters. The van der Waals surface area contributed by atoms with E-state index in [1.54, 1.807) is 44.2 Å². The Hall–Kier alpha value is -2.68. The molecule has 4 nitrogen and oxygen atoms in total. The molecule has 0 amide bonds. The number of hydrogen-bond donors (Lipinski definition) is 0. The van der Waals surface area contributed by atoms with Gasteiger partial charge in [-0.3, -0.25) is 4.57 Å². The van der Waals surface area contributed by atoms with E-state index in [-0.39, 0.29) is 6.61 Å². The van der Waals surface area contributed by atoms with Crippen LogP contribution in [0.3, 0.4) is 0 Å². The van der Waals surface area contributed by atoms with Crippen LogP contribution in [-0.4, -0.2) is 22.1 Å². The largest absolute Gasteiger partial charge is 0.448 e. The maximum atomic E-state index is 13.9. The number of imidazole rings is 1. The number of hydrogen-bond acceptors (Lipinski definition) is 3. The van der Waals surface area contributed by atoms with Crippen LogP contribution in [0.1, 0.15) is 35.9 Å². The summed E-state index contributed by atoms with van der Waals surface area (Å²) in [6.45, 7) is 3.03. The third-order valence-corrected chi connectivity index (χ3v) is 3.14. The zero-order valence-electron chi connectivity index (χ0n) is 12.1. The maximum absolute atomic E-state index is 13.9. The van der Waals surface area contributed by atoms with Crippen LogP contribution in [0.25, 0.3) is 0 Å². The van der Waals surface area contributed by atoms with Crippen LogP contribution < -0.4 is 0 Å². The van der Waals surface area contributed by atoms with E-state index >= 15 is 0 Å². The summed E-state index contributed by atoms with van der Waals surface area (Å²) >= 11 is 0. The lowest BCUT2D eigenvalue weighted by Gasteiger charge is -2.16. The van der Waals surface area contributed by atoms with Crippen molar-refractivity contribution in [3.8, 4) is 11.8 Å². The van der Waals surface area contributed by atoms with Gasteiger partial charge < -0.3 is 4.74 Å². The zero-order chi connectivity index (χ0) is 16.1. The molecule has 1 aromatic carbocycles. The number of carbonyl (C=O) groups is 1. The summed E-state index contributed by atoms with van der Waals surface area (Å²) in [6.07, 6.45) is -1.08. The Kier molecular flexibility index (Phi) is 4.89. The highest BCUT2D eigenvalue weighted by molar-refractivity contribution is 5.87. The Morgan fingerprint density at radius 1 is 1.36 bits per heavy atom. The maximum Gasteiger partial charge on any atom is 0.360 e. The zero-order valence-corrected chi connectivity index (χ0v) is 12.1. The highest BCUT2D eigenvalue weighted by Gasteiger charge is 2.28. The Morgan fingerprint density at radius 3 is 2.68 bits per heavy atom. The highest BCUT2D eigenvalue weighted by Crippen LogP contribution is 2.23. The molecule has 0 aliphatic heterocycles. The molecule has 114 valence electrons. The average molecular weight is 304 g/mol. The first-order valence-electron chi connectivity index (χ1n) is 6.61. The fourth-order valence-electron chi connectivity index (χ4n) is 2.04. The summed E-state index contributed by atoms with van der Waals surface area (Å²) < 4.78 is 33.4. The molecule has 1 heterocycles. The summed E-state index contributed by atoms with van der Waals surface area (Å²) in [5.74, 6) is 2.86. The molecule has 0 aliphatic carbocycles. The number of aromatic nitrogens is 2. The van der Waals surface area contributed by atoms with Gasteiger partial charge >= 0.3 is 5.97 Å². The SMILES string of the molecule is CC#CCOC(=O)c1c(F)nc(F)n1[C@H](C)c1ccccc1. The Labute approximate surface area is 126 Å². The third-order valence-electron chi connectivity index (χ3n) is 3.14. The molecule has 0 aliphatic rings. The fourth-order valence-corrected chi connectivity index (χ4v) is 2.04. The topological polar surface area (TPSA) is 44.1 Å². The molecule has 0 unspecified atom stereocenters. The second-order valence-corrected chi connectivity index (χ2v) is 4.48. The highest BCUT2D eigenvalue weighted by atomic mass is 19.1. The first-order valence-corrected chi connectivity index (χ1v) is 6.61. The van der Waals surface area contributed by atoms with Crippen LogP contribution in [0, 0.1) is 23.9 Å². The molecule has 0 fully saturated rings. The molecular weight excluding hydrogens is 290 g/mol. The number of nitrogens with zero attached hydrogens (tertiary/aromatic N) is 2. The van der Waals surface area contributed by atoms with Crippen molar-refractivity contribution >= 4 is 5.97 Å². The van der Waals surface area contributed by atoms with Gasteiger partial charge in [-0.25, -0.2) is 4.79 Å². The minimum Gasteiger partial charge on any atom is -0.448 e. The molecule has 0 saturated heterocycles. The smallest absolute Gasteiger partial charge is 0.360 e. The predicted molar refractivity (Wildman–Crippen MR) is 76.1 cm³/mol. The summed E-state index contributed by atoms with van der Waals surface area (Å²) in [4.78, 5) is 15.1. The Balaban J connectivity index is 2.39. The Morgan fingerprint density at radius 2 is 2.05 bits per heavy atom. The molecule has 0 spiro atoms. The lowest BCUT2D eigenvalue weighted by Crippen LogP contribution is -2.19. The summed E-state index contributed by atoms with van der Waals surface area (Å²) in [5.41, 5.74) is 0.160. The van der Waals surface area contributed by atoms with Gasteiger partial charge in [-0.05, 0) is 19.4 Å². The van der Waals surface area contributed by atoms with Crippen molar-refractivity contribution < 1.29 is 18.3 Å². The molecule has 0 bridgehead atoms. The van der Waals surface area contributed by atoms with E-state index < -0.39 is 29.7 Å². The summed E-state index contributed by atoms with van der Waals surface area (Å²) in [5, 5.41) is 0. The molecule has 0 saturated carbocycles. The molecule has 2 rings (SSSR count). The quantitative estimate of drug-likeness (QED) is 0.644. The number of benzene rings is 1.